The molecule has 1 aliphatic heterocycles. The summed E-state index contributed by atoms with van der Waals surface area (Å²) in [4.78, 5) is 24.8. The predicted molar refractivity (Wildman–Crippen MR) is 76.7 cm³/mol. The average molecular weight is 329 g/mol. The SMILES string of the molecule is CC(Cc1cccc(C(F)(F)F)c1)C(=O)N1CCCC1C(=O)O. The van der Waals surface area contributed by atoms with Crippen molar-refractivity contribution in [2.45, 2.75) is 38.4 Å². The van der Waals surface area contributed by atoms with Gasteiger partial charge in [0.05, 0.1) is 5.56 Å². The second-order valence-electron chi connectivity index (χ2n) is 5.83. The third kappa shape index (κ3) is 4.03. The molecule has 1 heterocycles. The molecule has 0 aliphatic carbocycles. The second kappa shape index (κ2) is 6.60. The normalized spacial score (nSPS) is 19.7. The van der Waals surface area contributed by atoms with Gasteiger partial charge in [0.1, 0.15) is 6.04 Å². The Morgan fingerprint density at radius 1 is 1.39 bits per heavy atom. The monoisotopic (exact) mass is 329 g/mol. The smallest absolute Gasteiger partial charge is 0.416 e. The number of rotatable bonds is 4. The van der Waals surface area contributed by atoms with E-state index < -0.39 is 29.7 Å². The maximum atomic E-state index is 12.7. The number of carboxylic acids is 1. The van der Waals surface area contributed by atoms with Crippen molar-refractivity contribution in [3.8, 4) is 0 Å². The first-order valence-corrected chi connectivity index (χ1v) is 7.39. The molecule has 1 aliphatic rings. The van der Waals surface area contributed by atoms with Crippen molar-refractivity contribution in [1.82, 2.24) is 4.90 Å². The van der Waals surface area contributed by atoms with E-state index in [0.717, 1.165) is 12.1 Å². The summed E-state index contributed by atoms with van der Waals surface area (Å²) in [6, 6.07) is 4.04. The Morgan fingerprint density at radius 2 is 2.09 bits per heavy atom. The van der Waals surface area contributed by atoms with Gasteiger partial charge in [0.2, 0.25) is 5.91 Å². The number of aliphatic carboxylic acids is 1. The number of benzene rings is 1. The van der Waals surface area contributed by atoms with E-state index in [9.17, 15) is 22.8 Å². The Morgan fingerprint density at radius 3 is 2.70 bits per heavy atom. The van der Waals surface area contributed by atoms with Crippen LogP contribution in [0, 0.1) is 5.92 Å². The Hall–Kier alpha value is -2.05. The van der Waals surface area contributed by atoms with Gasteiger partial charge in [-0.05, 0) is 30.9 Å². The van der Waals surface area contributed by atoms with Gasteiger partial charge in [-0.2, -0.15) is 13.2 Å². The van der Waals surface area contributed by atoms with Gasteiger partial charge in [-0.25, -0.2) is 4.79 Å². The average Bonchev–Trinajstić information content (AvgIpc) is 2.95. The van der Waals surface area contributed by atoms with Crippen LogP contribution in [0.25, 0.3) is 0 Å². The quantitative estimate of drug-likeness (QED) is 0.924. The number of alkyl halides is 3. The van der Waals surface area contributed by atoms with Gasteiger partial charge in [0.15, 0.2) is 0 Å². The molecule has 1 aromatic rings. The van der Waals surface area contributed by atoms with Crippen LogP contribution in [0.2, 0.25) is 0 Å². The van der Waals surface area contributed by atoms with Crippen LogP contribution in [0.3, 0.4) is 0 Å². The molecule has 7 heteroatoms. The molecule has 23 heavy (non-hydrogen) atoms. The number of carboxylic acid groups (broad SMARTS) is 1. The number of likely N-dealkylation sites (tertiary alicyclic amines) is 1. The highest BCUT2D eigenvalue weighted by Crippen LogP contribution is 2.30. The summed E-state index contributed by atoms with van der Waals surface area (Å²) in [6.07, 6.45) is -3.24. The summed E-state index contributed by atoms with van der Waals surface area (Å²) in [7, 11) is 0. The molecule has 4 nitrogen and oxygen atoms in total. The molecule has 2 unspecified atom stereocenters. The Kier molecular flexibility index (Phi) is 4.97. The topological polar surface area (TPSA) is 57.6 Å². The Balaban J connectivity index is 2.08. The van der Waals surface area contributed by atoms with Gasteiger partial charge in [-0.3, -0.25) is 4.79 Å². The van der Waals surface area contributed by atoms with E-state index in [-0.39, 0.29) is 12.3 Å². The zero-order valence-corrected chi connectivity index (χ0v) is 12.6. The molecular formula is C16H18F3NO3. The lowest BCUT2D eigenvalue weighted by Gasteiger charge is -2.25. The van der Waals surface area contributed by atoms with Gasteiger partial charge in [0.25, 0.3) is 0 Å². The largest absolute Gasteiger partial charge is 0.480 e. The summed E-state index contributed by atoms with van der Waals surface area (Å²) in [6.45, 7) is 1.99. The minimum Gasteiger partial charge on any atom is -0.480 e. The number of carbonyl (C=O) groups is 2. The van der Waals surface area contributed by atoms with Crippen LogP contribution in [0.1, 0.15) is 30.9 Å². The third-order valence-electron chi connectivity index (χ3n) is 4.04. The molecule has 0 spiro atoms. The highest BCUT2D eigenvalue weighted by atomic mass is 19.4. The van der Waals surface area contributed by atoms with E-state index in [2.05, 4.69) is 0 Å². The number of carbonyl (C=O) groups excluding carboxylic acids is 1. The lowest BCUT2D eigenvalue weighted by Crippen LogP contribution is -2.43. The summed E-state index contributed by atoms with van der Waals surface area (Å²) in [5.41, 5.74) is -0.342. The second-order valence-corrected chi connectivity index (χ2v) is 5.83. The van der Waals surface area contributed by atoms with Gasteiger partial charge < -0.3 is 10.0 Å². The highest BCUT2D eigenvalue weighted by molar-refractivity contribution is 5.85. The third-order valence-corrected chi connectivity index (χ3v) is 4.04. The fourth-order valence-electron chi connectivity index (χ4n) is 2.89. The van der Waals surface area contributed by atoms with Crippen molar-refractivity contribution < 1.29 is 27.9 Å². The summed E-state index contributed by atoms with van der Waals surface area (Å²) >= 11 is 0. The first-order valence-electron chi connectivity index (χ1n) is 7.39. The molecule has 1 amide bonds. The van der Waals surface area contributed by atoms with Crippen LogP contribution in [-0.2, 0) is 22.2 Å². The number of amides is 1. The fourth-order valence-corrected chi connectivity index (χ4v) is 2.89. The Bertz CT molecular complexity index is 600. The molecule has 126 valence electrons. The summed E-state index contributed by atoms with van der Waals surface area (Å²) in [5.74, 6) is -1.94. The molecule has 0 aromatic heterocycles. The zero-order valence-electron chi connectivity index (χ0n) is 12.6. The van der Waals surface area contributed by atoms with Crippen LogP contribution in [-0.4, -0.2) is 34.5 Å². The van der Waals surface area contributed by atoms with Gasteiger partial charge in [-0.1, -0.05) is 25.1 Å². The van der Waals surface area contributed by atoms with E-state index in [1.807, 2.05) is 0 Å². The first kappa shape index (κ1) is 17.3. The van der Waals surface area contributed by atoms with Crippen LogP contribution in [0.5, 0.6) is 0 Å². The predicted octanol–water partition coefficient (Wildman–Crippen LogP) is 2.96. The molecular weight excluding hydrogens is 311 g/mol. The molecule has 2 rings (SSSR count). The van der Waals surface area contributed by atoms with E-state index in [1.165, 1.54) is 17.0 Å². The molecule has 0 radical (unpaired) electrons. The van der Waals surface area contributed by atoms with Gasteiger partial charge >= 0.3 is 12.1 Å². The minimum atomic E-state index is -4.42. The molecule has 0 saturated carbocycles. The van der Waals surface area contributed by atoms with Gasteiger partial charge in [-0.15, -0.1) is 0 Å². The van der Waals surface area contributed by atoms with Crippen molar-refractivity contribution in [3.63, 3.8) is 0 Å². The van der Waals surface area contributed by atoms with Crippen molar-refractivity contribution in [3.05, 3.63) is 35.4 Å². The molecule has 1 aromatic carbocycles. The van der Waals surface area contributed by atoms with E-state index >= 15 is 0 Å². The summed E-state index contributed by atoms with van der Waals surface area (Å²) < 4.78 is 38.1. The number of hydrogen-bond donors (Lipinski definition) is 1. The number of nitrogens with zero attached hydrogens (tertiary/aromatic N) is 1. The van der Waals surface area contributed by atoms with Crippen molar-refractivity contribution in [2.24, 2.45) is 5.92 Å². The first-order chi connectivity index (χ1) is 10.7. The van der Waals surface area contributed by atoms with Crippen LogP contribution >= 0.6 is 0 Å². The number of halogens is 3. The van der Waals surface area contributed by atoms with Crippen molar-refractivity contribution in [2.75, 3.05) is 6.54 Å². The zero-order chi connectivity index (χ0) is 17.2. The molecule has 0 bridgehead atoms. The molecule has 1 saturated heterocycles. The maximum Gasteiger partial charge on any atom is 0.416 e. The maximum absolute atomic E-state index is 12.7. The van der Waals surface area contributed by atoms with Crippen molar-refractivity contribution in [1.29, 1.82) is 0 Å². The van der Waals surface area contributed by atoms with Crippen LogP contribution < -0.4 is 0 Å². The molecule has 1 fully saturated rings. The number of hydrogen-bond acceptors (Lipinski definition) is 2. The Labute approximate surface area is 131 Å². The van der Waals surface area contributed by atoms with E-state index in [4.69, 9.17) is 5.11 Å². The lowest BCUT2D eigenvalue weighted by atomic mass is 9.98. The highest BCUT2D eigenvalue weighted by Gasteiger charge is 2.36. The van der Waals surface area contributed by atoms with Crippen LogP contribution in [0.4, 0.5) is 13.2 Å². The van der Waals surface area contributed by atoms with Gasteiger partial charge in [0, 0.05) is 12.5 Å². The van der Waals surface area contributed by atoms with Crippen molar-refractivity contribution >= 4 is 11.9 Å². The standard InChI is InChI=1S/C16H18F3NO3/c1-10(14(21)20-7-3-6-13(20)15(22)23)8-11-4-2-5-12(9-11)16(17,18)19/h2,4-5,9-10,13H,3,6-8H2,1H3,(H,22,23). The molecule has 1 N–H and O–H groups in total. The summed E-state index contributed by atoms with van der Waals surface area (Å²) in [5, 5.41) is 9.11. The van der Waals surface area contributed by atoms with E-state index in [1.54, 1.807) is 6.92 Å². The lowest BCUT2D eigenvalue weighted by molar-refractivity contribution is -0.149. The molecule has 2 atom stereocenters. The fraction of sp³-hybridized carbons (Fsp3) is 0.500. The minimum absolute atomic E-state index is 0.144. The van der Waals surface area contributed by atoms with Crippen LogP contribution in [0.15, 0.2) is 24.3 Å². The van der Waals surface area contributed by atoms with E-state index in [0.29, 0.717) is 24.9 Å².